The van der Waals surface area contributed by atoms with Crippen LogP contribution in [0, 0.1) is 6.92 Å². The zero-order valence-electron chi connectivity index (χ0n) is 14.5. The van der Waals surface area contributed by atoms with E-state index in [1.165, 1.54) is 0 Å². The number of ether oxygens (including phenoxy) is 1. The van der Waals surface area contributed by atoms with Crippen molar-refractivity contribution >= 4 is 17.5 Å². The van der Waals surface area contributed by atoms with Gasteiger partial charge in [-0.15, -0.1) is 0 Å². The number of carbonyl (C=O) groups excluding carboxylic acids is 1. The number of carbonyl (C=O) groups is 1. The van der Waals surface area contributed by atoms with E-state index < -0.39 is 0 Å². The Morgan fingerprint density at radius 1 is 1.44 bits per heavy atom. The normalized spacial score (nSPS) is 16.2. The molecule has 6 heteroatoms. The third kappa shape index (κ3) is 4.10. The minimum atomic E-state index is -0.0540. The second-order valence-electron chi connectivity index (χ2n) is 6.17. The summed E-state index contributed by atoms with van der Waals surface area (Å²) >= 11 is 6.19. The van der Waals surface area contributed by atoms with E-state index in [9.17, 15) is 4.79 Å². The first-order valence-electron chi connectivity index (χ1n) is 8.60. The summed E-state index contributed by atoms with van der Waals surface area (Å²) in [5, 5.41) is 3.64. The molecule has 1 unspecified atom stereocenters. The molecule has 1 heterocycles. The van der Waals surface area contributed by atoms with E-state index in [0.717, 1.165) is 41.9 Å². The number of nitrogens with one attached hydrogen (secondary N) is 1. The standard InChI is InChI=1S/C19H22ClN3O2/c1-3-25-19-13(6-4-7-15(19)20)10-18(24)23-17-9-5-8-16-14(17)11-21-12(2)22-16/h4,6-7,11,17H,3,5,8-10H2,1-2H3,(H,23,24). The van der Waals surface area contributed by atoms with Crippen LogP contribution in [0.2, 0.25) is 5.02 Å². The lowest BCUT2D eigenvalue weighted by molar-refractivity contribution is -0.121. The van der Waals surface area contributed by atoms with Gasteiger partial charge in [0.05, 0.1) is 24.1 Å². The molecule has 3 rings (SSSR count). The second kappa shape index (κ2) is 7.83. The molecule has 132 valence electrons. The van der Waals surface area contributed by atoms with Gasteiger partial charge in [0.25, 0.3) is 0 Å². The molecule has 2 aromatic rings. The molecule has 1 aliphatic carbocycles. The zero-order valence-corrected chi connectivity index (χ0v) is 15.3. The number of aromatic nitrogens is 2. The molecular weight excluding hydrogens is 338 g/mol. The van der Waals surface area contributed by atoms with Gasteiger partial charge in [0.2, 0.25) is 5.91 Å². The fourth-order valence-electron chi connectivity index (χ4n) is 3.21. The molecule has 1 N–H and O–H groups in total. The lowest BCUT2D eigenvalue weighted by Gasteiger charge is -2.25. The molecular formula is C19H22ClN3O2. The number of rotatable bonds is 5. The Bertz CT molecular complexity index is 779. The Morgan fingerprint density at radius 3 is 3.08 bits per heavy atom. The Balaban J connectivity index is 1.73. The Kier molecular flexibility index (Phi) is 5.53. The van der Waals surface area contributed by atoms with Gasteiger partial charge >= 0.3 is 0 Å². The molecule has 1 amide bonds. The van der Waals surface area contributed by atoms with Crippen LogP contribution in [-0.2, 0) is 17.6 Å². The molecule has 0 aliphatic heterocycles. The van der Waals surface area contributed by atoms with Gasteiger partial charge in [0.1, 0.15) is 11.6 Å². The summed E-state index contributed by atoms with van der Waals surface area (Å²) in [5.74, 6) is 1.30. The zero-order chi connectivity index (χ0) is 17.8. The molecule has 5 nitrogen and oxygen atoms in total. The number of hydrogen-bond donors (Lipinski definition) is 1. The smallest absolute Gasteiger partial charge is 0.225 e. The van der Waals surface area contributed by atoms with E-state index in [-0.39, 0.29) is 18.4 Å². The van der Waals surface area contributed by atoms with Crippen LogP contribution in [0.4, 0.5) is 0 Å². The number of hydrogen-bond acceptors (Lipinski definition) is 4. The van der Waals surface area contributed by atoms with Crippen molar-refractivity contribution in [3.63, 3.8) is 0 Å². The van der Waals surface area contributed by atoms with Crippen molar-refractivity contribution in [3.05, 3.63) is 52.1 Å². The number of benzene rings is 1. The highest BCUT2D eigenvalue weighted by Crippen LogP contribution is 2.30. The number of amides is 1. The second-order valence-corrected chi connectivity index (χ2v) is 6.58. The third-order valence-corrected chi connectivity index (χ3v) is 4.62. The number of para-hydroxylation sites is 1. The van der Waals surface area contributed by atoms with E-state index in [0.29, 0.717) is 17.4 Å². The maximum Gasteiger partial charge on any atom is 0.225 e. The van der Waals surface area contributed by atoms with Crippen LogP contribution in [0.3, 0.4) is 0 Å². The van der Waals surface area contributed by atoms with Crippen molar-refractivity contribution in [2.45, 2.75) is 45.6 Å². The predicted octanol–water partition coefficient (Wildman–Crippen LogP) is 3.57. The molecule has 0 radical (unpaired) electrons. The van der Waals surface area contributed by atoms with Crippen LogP contribution in [0.25, 0.3) is 0 Å². The molecule has 0 saturated carbocycles. The first-order valence-corrected chi connectivity index (χ1v) is 8.98. The quantitative estimate of drug-likeness (QED) is 0.886. The Labute approximate surface area is 152 Å². The van der Waals surface area contributed by atoms with Crippen LogP contribution < -0.4 is 10.1 Å². The van der Waals surface area contributed by atoms with Crippen molar-refractivity contribution in [1.29, 1.82) is 0 Å². The number of fused-ring (bicyclic) bond motifs is 1. The van der Waals surface area contributed by atoms with Crippen LogP contribution in [0.5, 0.6) is 5.75 Å². The molecule has 1 aromatic carbocycles. The summed E-state index contributed by atoms with van der Waals surface area (Å²) < 4.78 is 5.60. The molecule has 0 bridgehead atoms. The van der Waals surface area contributed by atoms with Gasteiger partial charge in [0, 0.05) is 23.0 Å². The highest BCUT2D eigenvalue weighted by Gasteiger charge is 2.24. The van der Waals surface area contributed by atoms with E-state index in [1.54, 1.807) is 6.07 Å². The maximum absolute atomic E-state index is 12.6. The van der Waals surface area contributed by atoms with Crippen LogP contribution in [0.15, 0.2) is 24.4 Å². The molecule has 1 aliphatic rings. The van der Waals surface area contributed by atoms with Gasteiger partial charge in [-0.1, -0.05) is 23.7 Å². The SMILES string of the molecule is CCOc1c(Cl)cccc1CC(=O)NC1CCCc2nc(C)ncc21. The summed E-state index contributed by atoms with van der Waals surface area (Å²) in [4.78, 5) is 21.4. The first-order chi connectivity index (χ1) is 12.1. The van der Waals surface area contributed by atoms with Crippen molar-refractivity contribution in [1.82, 2.24) is 15.3 Å². The van der Waals surface area contributed by atoms with Crippen molar-refractivity contribution < 1.29 is 9.53 Å². The van der Waals surface area contributed by atoms with Crippen molar-refractivity contribution in [3.8, 4) is 5.75 Å². The molecule has 0 fully saturated rings. The van der Waals surface area contributed by atoms with Gasteiger partial charge in [-0.3, -0.25) is 4.79 Å². The van der Waals surface area contributed by atoms with E-state index >= 15 is 0 Å². The Hall–Kier alpha value is -2.14. The van der Waals surface area contributed by atoms with Crippen molar-refractivity contribution in [2.24, 2.45) is 0 Å². The summed E-state index contributed by atoms with van der Waals surface area (Å²) in [7, 11) is 0. The predicted molar refractivity (Wildman–Crippen MR) is 96.9 cm³/mol. The number of halogens is 1. The van der Waals surface area contributed by atoms with Crippen molar-refractivity contribution in [2.75, 3.05) is 6.61 Å². The van der Waals surface area contributed by atoms with Crippen LogP contribution >= 0.6 is 11.6 Å². The van der Waals surface area contributed by atoms with Gasteiger partial charge in [-0.05, 0) is 39.2 Å². The summed E-state index contributed by atoms with van der Waals surface area (Å²) in [6.07, 6.45) is 4.92. The minimum Gasteiger partial charge on any atom is -0.492 e. The van der Waals surface area contributed by atoms with Gasteiger partial charge in [-0.25, -0.2) is 9.97 Å². The maximum atomic E-state index is 12.6. The van der Waals surface area contributed by atoms with Gasteiger partial charge < -0.3 is 10.1 Å². The topological polar surface area (TPSA) is 64.1 Å². The van der Waals surface area contributed by atoms with Gasteiger partial charge in [0.15, 0.2) is 0 Å². The molecule has 1 atom stereocenters. The monoisotopic (exact) mass is 359 g/mol. The van der Waals surface area contributed by atoms with Crippen LogP contribution in [-0.4, -0.2) is 22.5 Å². The van der Waals surface area contributed by atoms with E-state index in [2.05, 4.69) is 15.3 Å². The lowest BCUT2D eigenvalue weighted by Crippen LogP contribution is -2.32. The molecule has 25 heavy (non-hydrogen) atoms. The fourth-order valence-corrected chi connectivity index (χ4v) is 3.46. The van der Waals surface area contributed by atoms with E-state index in [4.69, 9.17) is 16.3 Å². The average Bonchev–Trinajstić information content (AvgIpc) is 2.58. The largest absolute Gasteiger partial charge is 0.492 e. The first kappa shape index (κ1) is 17.7. The summed E-state index contributed by atoms with van der Waals surface area (Å²) in [5.41, 5.74) is 2.87. The third-order valence-electron chi connectivity index (χ3n) is 4.33. The Morgan fingerprint density at radius 2 is 2.28 bits per heavy atom. The summed E-state index contributed by atoms with van der Waals surface area (Å²) in [6.45, 7) is 4.29. The average molecular weight is 360 g/mol. The van der Waals surface area contributed by atoms with E-state index in [1.807, 2.05) is 32.2 Å². The van der Waals surface area contributed by atoms with Crippen LogP contribution in [0.1, 0.15) is 48.5 Å². The summed E-state index contributed by atoms with van der Waals surface area (Å²) in [6, 6.07) is 5.44. The number of aryl methyl sites for hydroxylation is 2. The lowest BCUT2D eigenvalue weighted by atomic mass is 9.92. The molecule has 0 spiro atoms. The van der Waals surface area contributed by atoms with Gasteiger partial charge in [-0.2, -0.15) is 0 Å². The molecule has 1 aromatic heterocycles. The fraction of sp³-hybridized carbons (Fsp3) is 0.421. The highest BCUT2D eigenvalue weighted by atomic mass is 35.5. The molecule has 0 saturated heterocycles. The minimum absolute atomic E-state index is 0.0356. The number of nitrogens with zero attached hydrogens (tertiary/aromatic N) is 2. The highest BCUT2D eigenvalue weighted by molar-refractivity contribution is 6.32.